The van der Waals surface area contributed by atoms with Crippen LogP contribution >= 0.6 is 0 Å². The summed E-state index contributed by atoms with van der Waals surface area (Å²) in [5, 5.41) is 2.35. The summed E-state index contributed by atoms with van der Waals surface area (Å²) in [6.07, 6.45) is -4.53. The number of rotatable bonds is 4. The Morgan fingerprint density at radius 3 is 2.31 bits per heavy atom. The van der Waals surface area contributed by atoms with Crippen LogP contribution in [0.5, 0.6) is 0 Å². The van der Waals surface area contributed by atoms with Gasteiger partial charge in [-0.2, -0.15) is 13.2 Å². The maximum absolute atomic E-state index is 12.7. The van der Waals surface area contributed by atoms with Crippen molar-refractivity contribution in [1.82, 2.24) is 4.31 Å². The van der Waals surface area contributed by atoms with Gasteiger partial charge >= 0.3 is 6.18 Å². The number of carbonyl (C=O) groups excluding carboxylic acids is 1. The highest BCUT2D eigenvalue weighted by atomic mass is 32.2. The molecule has 0 spiro atoms. The van der Waals surface area contributed by atoms with Crippen molar-refractivity contribution in [1.29, 1.82) is 0 Å². The van der Waals surface area contributed by atoms with Gasteiger partial charge in [0.05, 0.1) is 10.5 Å². The lowest BCUT2D eigenvalue weighted by Gasteiger charge is -2.15. The van der Waals surface area contributed by atoms with Gasteiger partial charge in [-0.15, -0.1) is 0 Å². The molecule has 0 aliphatic heterocycles. The van der Waals surface area contributed by atoms with Crippen LogP contribution in [0.15, 0.2) is 47.4 Å². The lowest BCUT2D eigenvalue weighted by atomic mass is 10.1. The van der Waals surface area contributed by atoms with E-state index in [0.29, 0.717) is 5.56 Å². The van der Waals surface area contributed by atoms with Gasteiger partial charge in [0.1, 0.15) is 0 Å². The van der Waals surface area contributed by atoms with Crippen molar-refractivity contribution >= 4 is 21.6 Å². The normalized spacial score (nSPS) is 12.3. The minimum absolute atomic E-state index is 0.0217. The van der Waals surface area contributed by atoms with Crippen molar-refractivity contribution in [2.24, 2.45) is 0 Å². The van der Waals surface area contributed by atoms with Gasteiger partial charge in [-0.05, 0) is 42.8 Å². The number of aryl methyl sites for hydroxylation is 1. The highest BCUT2D eigenvalue weighted by Crippen LogP contribution is 2.30. The average molecular weight is 386 g/mol. The zero-order valence-electron chi connectivity index (χ0n) is 14.3. The van der Waals surface area contributed by atoms with Gasteiger partial charge < -0.3 is 5.32 Å². The summed E-state index contributed by atoms with van der Waals surface area (Å²) >= 11 is 0. The molecule has 0 fully saturated rings. The predicted molar refractivity (Wildman–Crippen MR) is 91.4 cm³/mol. The molecular weight excluding hydrogens is 369 g/mol. The van der Waals surface area contributed by atoms with Crippen LogP contribution in [0.2, 0.25) is 0 Å². The SMILES string of the molecule is Cc1ccc(C(=O)Nc2cccc(C(F)(F)F)c2)cc1S(=O)(=O)N(C)C. The maximum atomic E-state index is 12.7. The van der Waals surface area contributed by atoms with E-state index in [0.717, 1.165) is 16.4 Å². The Morgan fingerprint density at radius 1 is 1.08 bits per heavy atom. The number of alkyl halides is 3. The summed E-state index contributed by atoms with van der Waals surface area (Å²) in [5.74, 6) is -0.709. The second-order valence-corrected chi connectivity index (χ2v) is 7.92. The Balaban J connectivity index is 2.35. The van der Waals surface area contributed by atoms with Crippen LogP contribution in [-0.4, -0.2) is 32.7 Å². The molecule has 9 heteroatoms. The Bertz CT molecular complexity index is 939. The van der Waals surface area contributed by atoms with E-state index in [1.54, 1.807) is 6.92 Å². The topological polar surface area (TPSA) is 66.5 Å². The molecule has 2 aromatic rings. The van der Waals surface area contributed by atoms with E-state index < -0.39 is 27.7 Å². The molecule has 0 radical (unpaired) electrons. The molecule has 0 bridgehead atoms. The van der Waals surface area contributed by atoms with Crippen molar-refractivity contribution in [3.05, 3.63) is 59.2 Å². The highest BCUT2D eigenvalue weighted by molar-refractivity contribution is 7.89. The molecule has 1 N–H and O–H groups in total. The maximum Gasteiger partial charge on any atom is 0.416 e. The minimum atomic E-state index is -4.53. The number of benzene rings is 2. The first-order chi connectivity index (χ1) is 11.9. The third-order valence-electron chi connectivity index (χ3n) is 3.66. The molecule has 140 valence electrons. The quantitative estimate of drug-likeness (QED) is 0.874. The van der Waals surface area contributed by atoms with Crippen molar-refractivity contribution in [3.63, 3.8) is 0 Å². The molecule has 0 aromatic heterocycles. The summed E-state index contributed by atoms with van der Waals surface area (Å²) in [5.41, 5.74) is -0.458. The summed E-state index contributed by atoms with van der Waals surface area (Å²) in [7, 11) is -1.03. The average Bonchev–Trinajstić information content (AvgIpc) is 2.54. The number of sulfonamides is 1. The van der Waals surface area contributed by atoms with Crippen LogP contribution in [0.25, 0.3) is 0 Å². The fourth-order valence-corrected chi connectivity index (χ4v) is 3.34. The number of nitrogens with one attached hydrogen (secondary N) is 1. The smallest absolute Gasteiger partial charge is 0.322 e. The van der Waals surface area contributed by atoms with Gasteiger partial charge in [-0.3, -0.25) is 4.79 Å². The molecule has 1 amide bonds. The van der Waals surface area contributed by atoms with Gasteiger partial charge in [0, 0.05) is 25.3 Å². The zero-order chi connectivity index (χ0) is 19.7. The summed E-state index contributed by atoms with van der Waals surface area (Å²) < 4.78 is 63.9. The third-order valence-corrected chi connectivity index (χ3v) is 5.61. The van der Waals surface area contributed by atoms with Gasteiger partial charge in [-0.25, -0.2) is 12.7 Å². The Kier molecular flexibility index (Phi) is 5.43. The molecule has 0 heterocycles. The fourth-order valence-electron chi connectivity index (χ4n) is 2.19. The molecule has 26 heavy (non-hydrogen) atoms. The zero-order valence-corrected chi connectivity index (χ0v) is 15.1. The molecular formula is C17H17F3N2O3S. The van der Waals surface area contributed by atoms with Gasteiger partial charge in [0.25, 0.3) is 5.91 Å². The number of hydrogen-bond donors (Lipinski definition) is 1. The molecule has 0 saturated carbocycles. The highest BCUT2D eigenvalue weighted by Gasteiger charge is 2.30. The first kappa shape index (κ1) is 19.9. The number of carbonyl (C=O) groups is 1. The van der Waals surface area contributed by atoms with E-state index >= 15 is 0 Å². The molecule has 0 aliphatic carbocycles. The largest absolute Gasteiger partial charge is 0.416 e. The van der Waals surface area contributed by atoms with Gasteiger partial charge in [0.15, 0.2) is 0 Å². The van der Waals surface area contributed by atoms with Crippen LogP contribution in [0.1, 0.15) is 21.5 Å². The van der Waals surface area contributed by atoms with E-state index in [9.17, 15) is 26.4 Å². The molecule has 0 unspecified atom stereocenters. The Morgan fingerprint density at radius 2 is 1.73 bits per heavy atom. The molecule has 0 atom stereocenters. The van der Waals surface area contributed by atoms with Crippen molar-refractivity contribution < 1.29 is 26.4 Å². The van der Waals surface area contributed by atoms with E-state index in [2.05, 4.69) is 5.32 Å². The predicted octanol–water partition coefficient (Wildman–Crippen LogP) is 3.52. The van der Waals surface area contributed by atoms with E-state index in [-0.39, 0.29) is 16.1 Å². The van der Waals surface area contributed by atoms with Crippen molar-refractivity contribution in [3.8, 4) is 0 Å². The molecule has 5 nitrogen and oxygen atoms in total. The van der Waals surface area contributed by atoms with Gasteiger partial charge in [-0.1, -0.05) is 12.1 Å². The number of hydrogen-bond acceptors (Lipinski definition) is 3. The molecule has 0 aliphatic rings. The van der Waals surface area contributed by atoms with Gasteiger partial charge in [0.2, 0.25) is 10.0 Å². The summed E-state index contributed by atoms with van der Waals surface area (Å²) in [6.45, 7) is 1.59. The number of anilines is 1. The van der Waals surface area contributed by atoms with Crippen LogP contribution in [0, 0.1) is 6.92 Å². The Hall–Kier alpha value is -2.39. The lowest BCUT2D eigenvalue weighted by Crippen LogP contribution is -2.23. The summed E-state index contributed by atoms with van der Waals surface area (Å²) in [6, 6.07) is 8.28. The standard InChI is InChI=1S/C17H17F3N2O3S/c1-11-7-8-12(9-15(11)26(24,25)22(2)3)16(23)21-14-6-4-5-13(10-14)17(18,19)20/h4-10H,1-3H3,(H,21,23). The molecule has 0 saturated heterocycles. The summed E-state index contributed by atoms with van der Waals surface area (Å²) in [4.78, 5) is 12.3. The molecule has 2 aromatic carbocycles. The van der Waals surface area contributed by atoms with Crippen LogP contribution in [0.3, 0.4) is 0 Å². The van der Waals surface area contributed by atoms with E-state index in [1.165, 1.54) is 44.4 Å². The lowest BCUT2D eigenvalue weighted by molar-refractivity contribution is -0.137. The third kappa shape index (κ3) is 4.23. The van der Waals surface area contributed by atoms with Crippen molar-refractivity contribution in [2.45, 2.75) is 18.0 Å². The van der Waals surface area contributed by atoms with E-state index in [1.807, 2.05) is 0 Å². The van der Waals surface area contributed by atoms with Crippen LogP contribution in [-0.2, 0) is 16.2 Å². The van der Waals surface area contributed by atoms with E-state index in [4.69, 9.17) is 0 Å². The van der Waals surface area contributed by atoms with Crippen LogP contribution < -0.4 is 5.32 Å². The Labute approximate surface area is 149 Å². The second kappa shape index (κ2) is 7.08. The first-order valence-corrected chi connectivity index (χ1v) is 8.88. The van der Waals surface area contributed by atoms with Crippen molar-refractivity contribution in [2.75, 3.05) is 19.4 Å². The fraction of sp³-hybridized carbons (Fsp3) is 0.235. The minimum Gasteiger partial charge on any atom is -0.322 e. The number of amides is 1. The number of halogens is 3. The second-order valence-electron chi connectivity index (χ2n) is 5.80. The first-order valence-electron chi connectivity index (χ1n) is 7.44. The molecule has 2 rings (SSSR count). The number of nitrogens with zero attached hydrogens (tertiary/aromatic N) is 1. The van der Waals surface area contributed by atoms with Crippen LogP contribution in [0.4, 0.5) is 18.9 Å². The monoisotopic (exact) mass is 386 g/mol.